The molecule has 1 aromatic heterocycles. The number of nitrogens with one attached hydrogen (secondary N) is 2. The molecular weight excluding hydrogens is 288 g/mol. The summed E-state index contributed by atoms with van der Waals surface area (Å²) in [5, 5.41) is 14.2. The Labute approximate surface area is 128 Å². The summed E-state index contributed by atoms with van der Waals surface area (Å²) in [7, 11) is 0. The quantitative estimate of drug-likeness (QED) is 0.887. The summed E-state index contributed by atoms with van der Waals surface area (Å²) in [5.74, 6) is 0.317. The first-order valence-corrected chi connectivity index (χ1v) is 7.13. The highest BCUT2D eigenvalue weighted by molar-refractivity contribution is 6.34. The van der Waals surface area contributed by atoms with Gasteiger partial charge in [-0.25, -0.2) is 0 Å². The van der Waals surface area contributed by atoms with Crippen LogP contribution in [0.25, 0.3) is 0 Å². The molecule has 1 amide bonds. The number of nitrogens with zero attached hydrogens (tertiary/aromatic N) is 2. The molecule has 1 aromatic carbocycles. The molecule has 0 atom stereocenters. The third kappa shape index (κ3) is 4.16. The number of hydrogen-bond donors (Lipinski definition) is 2. The average molecular weight is 305 g/mol. The molecule has 2 N–H and O–H groups in total. The second-order valence-electron chi connectivity index (χ2n) is 4.67. The Morgan fingerprint density at radius 2 is 2.05 bits per heavy atom. The van der Waals surface area contributed by atoms with E-state index in [0.29, 0.717) is 16.5 Å². The van der Waals surface area contributed by atoms with Crippen LogP contribution in [0.1, 0.15) is 29.4 Å². The van der Waals surface area contributed by atoms with Crippen molar-refractivity contribution in [2.75, 3.05) is 17.2 Å². The van der Waals surface area contributed by atoms with Crippen LogP contribution in [0.4, 0.5) is 11.5 Å². The topological polar surface area (TPSA) is 66.9 Å². The zero-order valence-electron chi connectivity index (χ0n) is 12.0. The number of carbonyl (C=O) groups excluding carboxylic acids is 1. The molecule has 0 aliphatic carbocycles. The summed E-state index contributed by atoms with van der Waals surface area (Å²) in [4.78, 5) is 12.1. The van der Waals surface area contributed by atoms with E-state index in [1.54, 1.807) is 24.3 Å². The van der Waals surface area contributed by atoms with Gasteiger partial charge in [0.2, 0.25) is 0 Å². The van der Waals surface area contributed by atoms with Gasteiger partial charge in [-0.15, -0.1) is 10.2 Å². The number of aromatic nitrogens is 2. The smallest absolute Gasteiger partial charge is 0.276 e. The van der Waals surface area contributed by atoms with E-state index in [1.807, 2.05) is 13.0 Å². The summed E-state index contributed by atoms with van der Waals surface area (Å²) in [6, 6.07) is 8.79. The summed E-state index contributed by atoms with van der Waals surface area (Å²) < 4.78 is 0. The van der Waals surface area contributed by atoms with E-state index in [0.717, 1.165) is 18.5 Å². The van der Waals surface area contributed by atoms with Crippen molar-refractivity contribution in [1.29, 1.82) is 0 Å². The molecule has 0 aliphatic heterocycles. The van der Waals surface area contributed by atoms with Crippen LogP contribution in [-0.4, -0.2) is 22.6 Å². The van der Waals surface area contributed by atoms with Crippen LogP contribution in [0.2, 0.25) is 5.02 Å². The fraction of sp³-hybridized carbons (Fsp3) is 0.267. The molecule has 2 aromatic rings. The molecule has 0 radical (unpaired) electrons. The molecule has 0 saturated carbocycles. The van der Waals surface area contributed by atoms with E-state index in [1.165, 1.54) is 0 Å². The standard InChI is InChI=1S/C15H17ClN4O/c1-3-8-17-14-7-6-13(19-20-14)15(21)18-12-5-4-10(2)9-11(12)16/h4-7,9H,3,8H2,1-2H3,(H,17,20)(H,18,21). The Kier molecular flexibility index (Phi) is 5.11. The van der Waals surface area contributed by atoms with Gasteiger partial charge in [0, 0.05) is 6.54 Å². The molecule has 0 bridgehead atoms. The highest BCUT2D eigenvalue weighted by atomic mass is 35.5. The monoisotopic (exact) mass is 304 g/mol. The lowest BCUT2D eigenvalue weighted by atomic mass is 10.2. The lowest BCUT2D eigenvalue weighted by Crippen LogP contribution is -2.15. The van der Waals surface area contributed by atoms with Crippen molar-refractivity contribution in [1.82, 2.24) is 10.2 Å². The van der Waals surface area contributed by atoms with Crippen LogP contribution in [0, 0.1) is 6.92 Å². The van der Waals surface area contributed by atoms with E-state index >= 15 is 0 Å². The average Bonchev–Trinajstić information content (AvgIpc) is 2.48. The number of carbonyl (C=O) groups is 1. The minimum Gasteiger partial charge on any atom is -0.369 e. The Balaban J connectivity index is 2.06. The lowest BCUT2D eigenvalue weighted by Gasteiger charge is -2.08. The Morgan fingerprint density at radius 3 is 2.67 bits per heavy atom. The third-order valence-corrected chi connectivity index (χ3v) is 3.14. The molecule has 0 fully saturated rings. The van der Waals surface area contributed by atoms with Crippen LogP contribution in [0.3, 0.4) is 0 Å². The lowest BCUT2D eigenvalue weighted by molar-refractivity contribution is 0.102. The van der Waals surface area contributed by atoms with Crippen molar-refractivity contribution in [3.05, 3.63) is 46.6 Å². The van der Waals surface area contributed by atoms with Crippen molar-refractivity contribution in [2.45, 2.75) is 20.3 Å². The fourth-order valence-electron chi connectivity index (χ4n) is 1.71. The fourth-order valence-corrected chi connectivity index (χ4v) is 1.99. The first kappa shape index (κ1) is 15.3. The highest BCUT2D eigenvalue weighted by Gasteiger charge is 2.10. The molecule has 6 heteroatoms. The van der Waals surface area contributed by atoms with Crippen LogP contribution in [0.15, 0.2) is 30.3 Å². The SMILES string of the molecule is CCCNc1ccc(C(=O)Nc2ccc(C)cc2Cl)nn1. The number of halogens is 1. The van der Waals surface area contributed by atoms with Crippen molar-refractivity contribution >= 4 is 29.0 Å². The maximum Gasteiger partial charge on any atom is 0.276 e. The predicted octanol–water partition coefficient (Wildman–Crippen LogP) is 3.51. The molecule has 0 unspecified atom stereocenters. The largest absolute Gasteiger partial charge is 0.369 e. The van der Waals surface area contributed by atoms with Crippen LogP contribution in [-0.2, 0) is 0 Å². The highest BCUT2D eigenvalue weighted by Crippen LogP contribution is 2.23. The Morgan fingerprint density at radius 1 is 1.24 bits per heavy atom. The van der Waals surface area contributed by atoms with Gasteiger partial charge < -0.3 is 10.6 Å². The zero-order chi connectivity index (χ0) is 15.2. The van der Waals surface area contributed by atoms with Crippen molar-refractivity contribution in [3.63, 3.8) is 0 Å². The van der Waals surface area contributed by atoms with E-state index in [4.69, 9.17) is 11.6 Å². The summed E-state index contributed by atoms with van der Waals surface area (Å²) in [6.07, 6.45) is 0.996. The van der Waals surface area contributed by atoms with E-state index < -0.39 is 0 Å². The summed E-state index contributed by atoms with van der Waals surface area (Å²) in [6.45, 7) is 4.82. The molecule has 0 aliphatic rings. The predicted molar refractivity (Wildman–Crippen MR) is 85.0 cm³/mol. The number of anilines is 2. The zero-order valence-corrected chi connectivity index (χ0v) is 12.7. The number of rotatable bonds is 5. The van der Waals surface area contributed by atoms with Gasteiger partial charge in [-0.2, -0.15) is 0 Å². The molecular formula is C15H17ClN4O. The number of hydrogen-bond acceptors (Lipinski definition) is 4. The maximum atomic E-state index is 12.1. The molecule has 2 rings (SSSR count). The molecule has 1 heterocycles. The molecule has 5 nitrogen and oxygen atoms in total. The molecule has 110 valence electrons. The second-order valence-corrected chi connectivity index (χ2v) is 5.08. The molecule has 0 saturated heterocycles. The van der Waals surface area contributed by atoms with Gasteiger partial charge >= 0.3 is 0 Å². The van der Waals surface area contributed by atoms with Crippen molar-refractivity contribution < 1.29 is 4.79 Å². The van der Waals surface area contributed by atoms with E-state index in [2.05, 4.69) is 27.8 Å². The van der Waals surface area contributed by atoms with E-state index in [-0.39, 0.29) is 11.6 Å². The first-order chi connectivity index (χ1) is 10.1. The van der Waals surface area contributed by atoms with Gasteiger partial charge in [0.1, 0.15) is 5.82 Å². The minimum atomic E-state index is -0.338. The van der Waals surface area contributed by atoms with Crippen molar-refractivity contribution in [2.24, 2.45) is 0 Å². The second kappa shape index (κ2) is 7.04. The number of benzene rings is 1. The van der Waals surface area contributed by atoms with Gasteiger partial charge in [-0.05, 0) is 43.2 Å². The van der Waals surface area contributed by atoms with Gasteiger partial charge in [0.15, 0.2) is 5.69 Å². The van der Waals surface area contributed by atoms with Crippen LogP contribution in [0.5, 0.6) is 0 Å². The van der Waals surface area contributed by atoms with Crippen LogP contribution < -0.4 is 10.6 Å². The summed E-state index contributed by atoms with van der Waals surface area (Å²) in [5.41, 5.74) is 1.83. The Hall–Kier alpha value is -2.14. The normalized spacial score (nSPS) is 10.2. The van der Waals surface area contributed by atoms with Gasteiger partial charge in [0.25, 0.3) is 5.91 Å². The minimum absolute atomic E-state index is 0.244. The molecule has 21 heavy (non-hydrogen) atoms. The molecule has 0 spiro atoms. The van der Waals surface area contributed by atoms with Gasteiger partial charge in [-0.3, -0.25) is 4.79 Å². The van der Waals surface area contributed by atoms with Gasteiger partial charge in [0.05, 0.1) is 10.7 Å². The van der Waals surface area contributed by atoms with Gasteiger partial charge in [-0.1, -0.05) is 24.6 Å². The number of aryl methyl sites for hydroxylation is 1. The first-order valence-electron chi connectivity index (χ1n) is 6.75. The van der Waals surface area contributed by atoms with Crippen molar-refractivity contribution in [3.8, 4) is 0 Å². The number of amides is 1. The van der Waals surface area contributed by atoms with Crippen LogP contribution >= 0.6 is 11.6 Å². The van der Waals surface area contributed by atoms with E-state index in [9.17, 15) is 4.79 Å². The Bertz CT molecular complexity index is 628. The summed E-state index contributed by atoms with van der Waals surface area (Å²) >= 11 is 6.08. The maximum absolute atomic E-state index is 12.1. The third-order valence-electron chi connectivity index (χ3n) is 2.83.